The van der Waals surface area contributed by atoms with Crippen LogP contribution in [0.5, 0.6) is 5.75 Å². The monoisotopic (exact) mass is 722 g/mol. The second-order valence-corrected chi connectivity index (χ2v) is 13.4. The summed E-state index contributed by atoms with van der Waals surface area (Å²) >= 11 is 0. The molecule has 17 heteroatoms. The van der Waals surface area contributed by atoms with Gasteiger partial charge >= 0.3 is 12.5 Å². The first-order chi connectivity index (χ1) is 23.3. The van der Waals surface area contributed by atoms with Crippen molar-refractivity contribution in [3.05, 3.63) is 83.4 Å². The molecular formula is C33H28F6N4O6S. The summed E-state index contributed by atoms with van der Waals surface area (Å²) in [4.78, 5) is 16.9. The van der Waals surface area contributed by atoms with E-state index in [0.717, 1.165) is 55.4 Å². The second-order valence-electron chi connectivity index (χ2n) is 11.4. The Morgan fingerprint density at radius 1 is 1.00 bits per heavy atom. The van der Waals surface area contributed by atoms with Crippen LogP contribution in [-0.4, -0.2) is 66.1 Å². The number of oxazole rings is 1. The number of sulfone groups is 1. The summed E-state index contributed by atoms with van der Waals surface area (Å²) in [5.74, 6) is -8.48. The summed E-state index contributed by atoms with van der Waals surface area (Å²) in [5.41, 5.74) is -0.773. The number of amides is 1. The number of aryl methyl sites for hydroxylation is 2. The van der Waals surface area contributed by atoms with E-state index in [1.54, 1.807) is 0 Å². The first kappa shape index (κ1) is 36.1. The molecule has 0 aliphatic carbocycles. The first-order valence-corrected chi connectivity index (χ1v) is 16.4. The van der Waals surface area contributed by atoms with Crippen molar-refractivity contribution in [2.45, 2.75) is 31.0 Å². The van der Waals surface area contributed by atoms with Crippen LogP contribution in [0.2, 0.25) is 0 Å². The van der Waals surface area contributed by atoms with Crippen LogP contribution in [0.25, 0.3) is 45.0 Å². The molecule has 264 valence electrons. The molecule has 0 bridgehead atoms. The zero-order valence-corrected chi connectivity index (χ0v) is 27.8. The molecular weight excluding hydrogens is 694 g/mol. The summed E-state index contributed by atoms with van der Waals surface area (Å²) in [7, 11) is -0.372. The molecule has 0 fully saturated rings. The van der Waals surface area contributed by atoms with Crippen LogP contribution in [0, 0.1) is 18.6 Å². The lowest BCUT2D eigenvalue weighted by molar-refractivity contribution is -0.156. The minimum absolute atomic E-state index is 0.0162. The number of aliphatic hydroxyl groups is 1. The molecule has 2 heterocycles. The van der Waals surface area contributed by atoms with Crippen molar-refractivity contribution in [2.24, 2.45) is 7.05 Å². The van der Waals surface area contributed by atoms with Gasteiger partial charge in [0, 0.05) is 56.6 Å². The van der Waals surface area contributed by atoms with Gasteiger partial charge in [-0.25, -0.2) is 22.2 Å². The van der Waals surface area contributed by atoms with Crippen LogP contribution in [0.15, 0.2) is 63.9 Å². The quantitative estimate of drug-likeness (QED) is 0.166. The van der Waals surface area contributed by atoms with Gasteiger partial charge in [-0.1, -0.05) is 12.1 Å². The fraction of sp³-hybridized carbons (Fsp3) is 0.242. The van der Waals surface area contributed by atoms with Crippen molar-refractivity contribution in [2.75, 3.05) is 20.4 Å². The van der Waals surface area contributed by atoms with E-state index in [1.807, 2.05) is 0 Å². The molecule has 5 aromatic rings. The number of benzene rings is 3. The van der Waals surface area contributed by atoms with Crippen LogP contribution < -0.4 is 4.74 Å². The number of carbonyl (C=O) groups excluding carboxylic acids is 1. The fourth-order valence-electron chi connectivity index (χ4n) is 5.31. The zero-order valence-electron chi connectivity index (χ0n) is 26.9. The van der Waals surface area contributed by atoms with E-state index in [1.165, 1.54) is 38.2 Å². The maximum absolute atomic E-state index is 15.2. The third kappa shape index (κ3) is 6.82. The minimum atomic E-state index is -4.03. The highest BCUT2D eigenvalue weighted by atomic mass is 32.2. The van der Waals surface area contributed by atoms with E-state index < -0.39 is 68.4 Å². The van der Waals surface area contributed by atoms with Crippen LogP contribution >= 0.6 is 0 Å². The number of ether oxygens (including phenoxy) is 1. The highest BCUT2D eigenvalue weighted by Crippen LogP contribution is 2.43. The zero-order chi connectivity index (χ0) is 36.9. The molecule has 1 amide bonds. The SMILES string of the molecule is Cc1nc(-c2ccc(OC(F)F)c(F)c2)c(-c2cc(-c3cc(F)c(CO)c(S(C)(=O)=O)c3)ccc2-c2cc(C(F)(F)C(=O)N(C)C)nn2C)o1. The highest BCUT2D eigenvalue weighted by Gasteiger charge is 2.45. The number of likely N-dealkylation sites (N-methyl/N-ethyl adjacent to an activating group) is 1. The van der Waals surface area contributed by atoms with Gasteiger partial charge < -0.3 is 19.2 Å². The molecule has 0 spiro atoms. The lowest BCUT2D eigenvalue weighted by Crippen LogP contribution is -2.37. The molecule has 0 aliphatic heterocycles. The number of hydrogen-bond acceptors (Lipinski definition) is 8. The molecule has 0 atom stereocenters. The number of halogens is 6. The molecule has 0 saturated carbocycles. The molecule has 0 aliphatic rings. The van der Waals surface area contributed by atoms with Crippen molar-refractivity contribution in [1.29, 1.82) is 0 Å². The predicted molar refractivity (Wildman–Crippen MR) is 168 cm³/mol. The number of alkyl halides is 4. The molecule has 10 nitrogen and oxygen atoms in total. The largest absolute Gasteiger partial charge is 0.440 e. The predicted octanol–water partition coefficient (Wildman–Crippen LogP) is 6.34. The third-order valence-electron chi connectivity index (χ3n) is 7.62. The van der Waals surface area contributed by atoms with Crippen LogP contribution in [0.4, 0.5) is 26.3 Å². The number of aliphatic hydroxyl groups excluding tert-OH is 1. The van der Waals surface area contributed by atoms with Gasteiger partial charge in [0.1, 0.15) is 17.2 Å². The fourth-order valence-corrected chi connectivity index (χ4v) is 6.26. The van der Waals surface area contributed by atoms with Gasteiger partial charge in [-0.3, -0.25) is 9.48 Å². The molecule has 2 aromatic heterocycles. The van der Waals surface area contributed by atoms with Crippen molar-refractivity contribution < 1.29 is 53.8 Å². The lowest BCUT2D eigenvalue weighted by Gasteiger charge is -2.17. The van der Waals surface area contributed by atoms with Crippen molar-refractivity contribution >= 4 is 15.7 Å². The summed E-state index contributed by atoms with van der Waals surface area (Å²) in [6, 6.07) is 10.5. The normalized spacial score (nSPS) is 12.1. The molecule has 5 rings (SSSR count). The molecule has 0 radical (unpaired) electrons. The van der Waals surface area contributed by atoms with Gasteiger partial charge in [0.25, 0.3) is 5.91 Å². The number of carbonyl (C=O) groups is 1. The van der Waals surface area contributed by atoms with E-state index in [9.17, 15) is 31.5 Å². The average molecular weight is 723 g/mol. The Labute approximate surface area is 281 Å². The van der Waals surface area contributed by atoms with Gasteiger partial charge in [-0.15, -0.1) is 0 Å². The topological polar surface area (TPSA) is 128 Å². The maximum Gasteiger partial charge on any atom is 0.387 e. The maximum atomic E-state index is 15.2. The number of aromatic nitrogens is 3. The third-order valence-corrected chi connectivity index (χ3v) is 8.78. The Balaban J connectivity index is 1.79. The molecule has 1 N–H and O–H groups in total. The Hall–Kier alpha value is -5.16. The second kappa shape index (κ2) is 13.3. The van der Waals surface area contributed by atoms with Gasteiger partial charge in [0.15, 0.2) is 33.1 Å². The Bertz CT molecular complexity index is 2230. The Kier molecular flexibility index (Phi) is 9.60. The van der Waals surface area contributed by atoms with Crippen LogP contribution in [-0.2, 0) is 34.2 Å². The summed E-state index contributed by atoms with van der Waals surface area (Å²) in [6.45, 7) is -2.74. The smallest absolute Gasteiger partial charge is 0.387 e. The van der Waals surface area contributed by atoms with Gasteiger partial charge in [0.05, 0.1) is 17.2 Å². The Morgan fingerprint density at radius 2 is 1.66 bits per heavy atom. The van der Waals surface area contributed by atoms with Crippen molar-refractivity contribution in [3.8, 4) is 50.7 Å². The molecule has 50 heavy (non-hydrogen) atoms. The summed E-state index contributed by atoms with van der Waals surface area (Å²) < 4.78 is 122. The van der Waals surface area contributed by atoms with E-state index in [4.69, 9.17) is 4.42 Å². The molecule has 0 saturated heterocycles. The standard InChI is InChI=1S/C33H28F6N4O6S/c1-16-40-29(18-7-9-26(24(35)11-18)49-32(36)37)30(48-16)21-10-17(19-12-23(34)22(15-44)27(13-19)50(5,46)47)6-8-20(21)25-14-28(41-43(25)4)33(38,39)31(45)42(2)3/h6-14,32,44H,15H2,1-5H3. The van der Waals surface area contributed by atoms with E-state index in [-0.39, 0.29) is 50.9 Å². The van der Waals surface area contributed by atoms with E-state index in [2.05, 4.69) is 14.8 Å². The van der Waals surface area contributed by atoms with Gasteiger partial charge in [-0.05, 0) is 53.6 Å². The minimum Gasteiger partial charge on any atom is -0.440 e. The van der Waals surface area contributed by atoms with E-state index >= 15 is 13.2 Å². The lowest BCUT2D eigenvalue weighted by atomic mass is 9.93. The van der Waals surface area contributed by atoms with Crippen LogP contribution in [0.3, 0.4) is 0 Å². The molecule has 0 unspecified atom stereocenters. The van der Waals surface area contributed by atoms with Crippen LogP contribution in [0.1, 0.15) is 17.1 Å². The van der Waals surface area contributed by atoms with Crippen molar-refractivity contribution in [1.82, 2.24) is 19.7 Å². The van der Waals surface area contributed by atoms with Crippen molar-refractivity contribution in [3.63, 3.8) is 0 Å². The number of rotatable bonds is 10. The molecule has 3 aromatic carbocycles. The summed E-state index contributed by atoms with van der Waals surface area (Å²) in [6.07, 6.45) is 0.844. The average Bonchev–Trinajstić information content (AvgIpc) is 3.63. The Morgan fingerprint density at radius 3 is 2.26 bits per heavy atom. The van der Waals surface area contributed by atoms with Gasteiger partial charge in [-0.2, -0.15) is 22.7 Å². The first-order valence-electron chi connectivity index (χ1n) is 14.5. The van der Waals surface area contributed by atoms with E-state index in [0.29, 0.717) is 4.90 Å². The number of hydrogen-bond donors (Lipinski definition) is 1. The van der Waals surface area contributed by atoms with Gasteiger partial charge in [0.2, 0.25) is 0 Å². The summed E-state index contributed by atoms with van der Waals surface area (Å²) in [5, 5.41) is 13.6. The number of nitrogens with zero attached hydrogens (tertiary/aromatic N) is 4. The highest BCUT2D eigenvalue weighted by molar-refractivity contribution is 7.90.